The third-order valence-electron chi connectivity index (χ3n) is 3.96. The molecule has 96 valence electrons. The van der Waals surface area contributed by atoms with Crippen molar-refractivity contribution in [3.05, 3.63) is 35.9 Å². The van der Waals surface area contributed by atoms with E-state index in [1.807, 2.05) is 0 Å². The van der Waals surface area contributed by atoms with Gasteiger partial charge in [-0.2, -0.15) is 0 Å². The van der Waals surface area contributed by atoms with Crippen molar-refractivity contribution >= 4 is 0 Å². The first-order valence-corrected chi connectivity index (χ1v) is 6.81. The minimum absolute atomic E-state index is 0.327. The maximum atomic E-state index is 2.38. The van der Waals surface area contributed by atoms with E-state index in [-0.39, 0.29) is 0 Å². The second-order valence-corrected chi connectivity index (χ2v) is 7.05. The van der Waals surface area contributed by atoms with Crippen LogP contribution in [0.3, 0.4) is 0 Å². The molecule has 0 N–H and O–H groups in total. The van der Waals surface area contributed by atoms with E-state index < -0.39 is 0 Å². The Balaban J connectivity index is 2.99. The summed E-state index contributed by atoms with van der Waals surface area (Å²) in [5.74, 6) is 0.638. The summed E-state index contributed by atoms with van der Waals surface area (Å²) < 4.78 is 0. The quantitative estimate of drug-likeness (QED) is 0.630. The summed E-state index contributed by atoms with van der Waals surface area (Å²) in [5, 5.41) is 0. The molecule has 1 aromatic carbocycles. The lowest BCUT2D eigenvalue weighted by atomic mass is 9.68. The average molecular weight is 232 g/mol. The van der Waals surface area contributed by atoms with Gasteiger partial charge in [0.1, 0.15) is 0 Å². The molecule has 0 bridgehead atoms. The summed E-state index contributed by atoms with van der Waals surface area (Å²) in [4.78, 5) is 0. The first-order chi connectivity index (χ1) is 7.76. The van der Waals surface area contributed by atoms with Crippen LogP contribution in [0.15, 0.2) is 30.3 Å². The lowest BCUT2D eigenvalue weighted by Crippen LogP contribution is -2.25. The van der Waals surface area contributed by atoms with Crippen molar-refractivity contribution in [3.63, 3.8) is 0 Å². The molecular weight excluding hydrogens is 204 g/mol. The van der Waals surface area contributed by atoms with Crippen molar-refractivity contribution in [2.24, 2.45) is 10.8 Å². The Labute approximate surface area is 107 Å². The Hall–Kier alpha value is -0.780. The van der Waals surface area contributed by atoms with Crippen LogP contribution in [0.4, 0.5) is 0 Å². The van der Waals surface area contributed by atoms with Gasteiger partial charge in [-0.25, -0.2) is 0 Å². The molecule has 0 amide bonds. The fraction of sp³-hybridized carbons (Fsp3) is 0.647. The second kappa shape index (κ2) is 5.25. The second-order valence-electron chi connectivity index (χ2n) is 7.05. The van der Waals surface area contributed by atoms with Crippen LogP contribution in [0.5, 0.6) is 0 Å². The predicted octanol–water partition coefficient (Wildman–Crippen LogP) is 5.64. The number of rotatable bonds is 4. The number of hydrogen-bond acceptors (Lipinski definition) is 0. The smallest absolute Gasteiger partial charge is 0.0108 e. The highest BCUT2D eigenvalue weighted by atomic mass is 14.4. The van der Waals surface area contributed by atoms with Gasteiger partial charge in [0.05, 0.1) is 0 Å². The summed E-state index contributed by atoms with van der Waals surface area (Å²) in [7, 11) is 0. The zero-order chi connectivity index (χ0) is 13.1. The maximum absolute atomic E-state index is 2.38. The topological polar surface area (TPSA) is 0 Å². The van der Waals surface area contributed by atoms with Gasteiger partial charge in [-0.3, -0.25) is 0 Å². The Kier molecular flexibility index (Phi) is 4.41. The molecule has 0 aliphatic rings. The van der Waals surface area contributed by atoms with Gasteiger partial charge in [0.2, 0.25) is 0 Å². The molecule has 0 heterocycles. The van der Waals surface area contributed by atoms with E-state index in [4.69, 9.17) is 0 Å². The van der Waals surface area contributed by atoms with E-state index in [9.17, 15) is 0 Å². The van der Waals surface area contributed by atoms with Gasteiger partial charge in [0.25, 0.3) is 0 Å². The molecule has 0 fully saturated rings. The molecule has 0 radical (unpaired) electrons. The van der Waals surface area contributed by atoms with Crippen molar-refractivity contribution in [1.82, 2.24) is 0 Å². The molecule has 1 atom stereocenters. The first-order valence-electron chi connectivity index (χ1n) is 6.81. The highest BCUT2D eigenvalue weighted by Gasteiger charge is 2.31. The highest BCUT2D eigenvalue weighted by Crippen LogP contribution is 2.44. The van der Waals surface area contributed by atoms with Crippen molar-refractivity contribution in [2.45, 2.75) is 60.3 Å². The summed E-state index contributed by atoms with van der Waals surface area (Å²) in [6.07, 6.45) is 2.50. The van der Waals surface area contributed by atoms with E-state index >= 15 is 0 Å². The van der Waals surface area contributed by atoms with Crippen LogP contribution in [0.2, 0.25) is 0 Å². The summed E-state index contributed by atoms with van der Waals surface area (Å²) >= 11 is 0. The normalized spacial score (nSPS) is 14.7. The average Bonchev–Trinajstić information content (AvgIpc) is 2.26. The standard InChI is InChI=1S/C17H28/c1-7-17(5,6)13-15(16(2,3)4)14-11-9-8-10-12-14/h8-12,15H,7,13H2,1-6H3. The van der Waals surface area contributed by atoms with E-state index in [2.05, 4.69) is 71.9 Å². The summed E-state index contributed by atoms with van der Waals surface area (Å²) in [5.41, 5.74) is 2.24. The summed E-state index contributed by atoms with van der Waals surface area (Å²) in [6.45, 7) is 14.1. The van der Waals surface area contributed by atoms with Crippen LogP contribution in [0, 0.1) is 10.8 Å². The molecule has 0 heteroatoms. The zero-order valence-corrected chi connectivity index (χ0v) is 12.4. The Morgan fingerprint density at radius 2 is 1.47 bits per heavy atom. The largest absolute Gasteiger partial charge is 0.0649 e. The van der Waals surface area contributed by atoms with E-state index in [1.54, 1.807) is 0 Å². The molecule has 0 nitrogen and oxygen atoms in total. The Bertz CT molecular complexity index is 327. The molecule has 1 rings (SSSR count). The lowest BCUT2D eigenvalue weighted by molar-refractivity contribution is 0.209. The van der Waals surface area contributed by atoms with Crippen LogP contribution in [0.25, 0.3) is 0 Å². The van der Waals surface area contributed by atoms with E-state index in [1.165, 1.54) is 18.4 Å². The minimum atomic E-state index is 0.327. The molecule has 0 saturated carbocycles. The van der Waals surface area contributed by atoms with Crippen molar-refractivity contribution in [2.75, 3.05) is 0 Å². The number of benzene rings is 1. The lowest BCUT2D eigenvalue weighted by Gasteiger charge is -2.37. The third kappa shape index (κ3) is 4.18. The van der Waals surface area contributed by atoms with Crippen molar-refractivity contribution in [1.29, 1.82) is 0 Å². The van der Waals surface area contributed by atoms with Gasteiger partial charge >= 0.3 is 0 Å². The van der Waals surface area contributed by atoms with Gasteiger partial charge in [0, 0.05) is 0 Å². The maximum Gasteiger partial charge on any atom is -0.0108 e. The molecule has 0 aliphatic carbocycles. The van der Waals surface area contributed by atoms with E-state index in [0.29, 0.717) is 16.7 Å². The van der Waals surface area contributed by atoms with Crippen LogP contribution >= 0.6 is 0 Å². The molecular formula is C17H28. The first kappa shape index (κ1) is 14.3. The van der Waals surface area contributed by atoms with Crippen LogP contribution < -0.4 is 0 Å². The molecule has 0 aromatic heterocycles. The highest BCUT2D eigenvalue weighted by molar-refractivity contribution is 5.21. The van der Waals surface area contributed by atoms with Gasteiger partial charge in [-0.1, -0.05) is 78.3 Å². The fourth-order valence-electron chi connectivity index (χ4n) is 2.31. The van der Waals surface area contributed by atoms with E-state index in [0.717, 1.165) is 0 Å². The monoisotopic (exact) mass is 232 g/mol. The Morgan fingerprint density at radius 3 is 1.88 bits per heavy atom. The molecule has 0 saturated heterocycles. The molecule has 17 heavy (non-hydrogen) atoms. The molecule has 0 aliphatic heterocycles. The molecule has 0 spiro atoms. The minimum Gasteiger partial charge on any atom is -0.0649 e. The SMILES string of the molecule is CCC(C)(C)CC(c1ccccc1)C(C)(C)C. The fourth-order valence-corrected chi connectivity index (χ4v) is 2.31. The van der Waals surface area contributed by atoms with Gasteiger partial charge < -0.3 is 0 Å². The van der Waals surface area contributed by atoms with Gasteiger partial charge in [-0.15, -0.1) is 0 Å². The predicted molar refractivity (Wildman–Crippen MR) is 77.3 cm³/mol. The van der Waals surface area contributed by atoms with Crippen LogP contribution in [0.1, 0.15) is 65.9 Å². The van der Waals surface area contributed by atoms with Gasteiger partial charge in [-0.05, 0) is 28.7 Å². The van der Waals surface area contributed by atoms with Crippen LogP contribution in [-0.4, -0.2) is 0 Å². The van der Waals surface area contributed by atoms with Gasteiger partial charge in [0.15, 0.2) is 0 Å². The number of hydrogen-bond donors (Lipinski definition) is 0. The van der Waals surface area contributed by atoms with Crippen molar-refractivity contribution < 1.29 is 0 Å². The molecule has 1 aromatic rings. The van der Waals surface area contributed by atoms with Crippen molar-refractivity contribution in [3.8, 4) is 0 Å². The summed E-state index contributed by atoms with van der Waals surface area (Å²) in [6, 6.07) is 11.0. The molecule has 1 unspecified atom stereocenters. The Morgan fingerprint density at radius 1 is 0.941 bits per heavy atom. The third-order valence-corrected chi connectivity index (χ3v) is 3.96. The zero-order valence-electron chi connectivity index (χ0n) is 12.4. The van der Waals surface area contributed by atoms with Crippen LogP contribution in [-0.2, 0) is 0 Å².